The molecule has 0 unspecified atom stereocenters. The van der Waals surface area contributed by atoms with Gasteiger partial charge in [-0.15, -0.1) is 0 Å². The summed E-state index contributed by atoms with van der Waals surface area (Å²) < 4.78 is 13.1. The summed E-state index contributed by atoms with van der Waals surface area (Å²) in [5, 5.41) is 11.8. The summed E-state index contributed by atoms with van der Waals surface area (Å²) in [5.74, 6) is 1.87. The maximum atomic E-state index is 5.89. The van der Waals surface area contributed by atoms with Crippen LogP contribution in [0.1, 0.15) is 56.1 Å². The van der Waals surface area contributed by atoms with E-state index in [1.54, 1.807) is 0 Å². The molecule has 0 spiro atoms. The topological polar surface area (TPSA) is 78.0 Å². The number of aryl methyl sites for hydroxylation is 2. The van der Waals surface area contributed by atoms with Crippen molar-refractivity contribution in [3.63, 3.8) is 0 Å². The minimum absolute atomic E-state index is 0.0447. The molecule has 7 nitrogen and oxygen atoms in total. The molecule has 3 heterocycles. The minimum atomic E-state index is 0.0447. The van der Waals surface area contributed by atoms with E-state index in [0.717, 1.165) is 43.8 Å². The molecule has 7 heteroatoms. The fourth-order valence-electron chi connectivity index (χ4n) is 2.98. The molecule has 0 aromatic carbocycles. The quantitative estimate of drug-likeness (QED) is 0.843. The lowest BCUT2D eigenvalue weighted by Crippen LogP contribution is -2.27. The van der Waals surface area contributed by atoms with Gasteiger partial charge >= 0.3 is 0 Å². The molecule has 3 rings (SSSR count). The summed E-state index contributed by atoms with van der Waals surface area (Å²) in [6.45, 7) is 5.81. The van der Waals surface area contributed by atoms with Crippen LogP contribution in [0.15, 0.2) is 16.9 Å². The van der Waals surface area contributed by atoms with Crippen molar-refractivity contribution >= 4 is 0 Å². The van der Waals surface area contributed by atoms with Gasteiger partial charge in [0.2, 0.25) is 5.89 Å². The number of nitrogens with one attached hydrogen (secondary N) is 1. The van der Waals surface area contributed by atoms with Gasteiger partial charge in [-0.25, -0.2) is 0 Å². The van der Waals surface area contributed by atoms with Crippen molar-refractivity contribution in [2.75, 3.05) is 13.2 Å². The number of hydrogen-bond acceptors (Lipinski definition) is 6. The molecule has 1 aliphatic heterocycles. The Balaban J connectivity index is 1.56. The molecule has 1 N–H and O–H groups in total. The van der Waals surface area contributed by atoms with Crippen LogP contribution in [0.3, 0.4) is 0 Å². The molecule has 1 aliphatic rings. The SMILES string of the molecule is CCCc1noc([C@H](C)NC[C@H]2CCO[C@H]2c2cnn(C)c2)n1. The molecule has 1 saturated heterocycles. The van der Waals surface area contributed by atoms with Gasteiger partial charge in [0.25, 0.3) is 0 Å². The van der Waals surface area contributed by atoms with E-state index in [9.17, 15) is 0 Å². The molecule has 2 aromatic heterocycles. The Labute approximate surface area is 136 Å². The van der Waals surface area contributed by atoms with Gasteiger partial charge in [-0.05, 0) is 19.8 Å². The smallest absolute Gasteiger partial charge is 0.243 e. The van der Waals surface area contributed by atoms with Crippen LogP contribution in [0.25, 0.3) is 0 Å². The normalized spacial score (nSPS) is 22.6. The van der Waals surface area contributed by atoms with Crippen LogP contribution >= 0.6 is 0 Å². The highest BCUT2D eigenvalue weighted by molar-refractivity contribution is 5.11. The number of ether oxygens (including phenoxy) is 1. The molecule has 0 aliphatic carbocycles. The third-order valence-electron chi connectivity index (χ3n) is 4.28. The molecule has 3 atom stereocenters. The predicted octanol–water partition coefficient (Wildman–Crippen LogP) is 2.18. The molecule has 0 amide bonds. The first-order chi connectivity index (χ1) is 11.2. The van der Waals surface area contributed by atoms with Gasteiger partial charge in [0, 0.05) is 44.3 Å². The van der Waals surface area contributed by atoms with Crippen LogP contribution < -0.4 is 5.32 Å². The number of rotatable bonds is 7. The third kappa shape index (κ3) is 3.79. The second kappa shape index (κ2) is 7.23. The second-order valence-electron chi connectivity index (χ2n) is 6.22. The van der Waals surface area contributed by atoms with Crippen LogP contribution in [-0.4, -0.2) is 33.1 Å². The van der Waals surface area contributed by atoms with Crippen molar-refractivity contribution in [3.05, 3.63) is 29.7 Å². The predicted molar refractivity (Wildman–Crippen MR) is 84.7 cm³/mol. The zero-order chi connectivity index (χ0) is 16.2. The third-order valence-corrected chi connectivity index (χ3v) is 4.28. The molecular formula is C16H25N5O2. The van der Waals surface area contributed by atoms with Gasteiger partial charge in [-0.2, -0.15) is 10.1 Å². The van der Waals surface area contributed by atoms with E-state index in [1.165, 1.54) is 0 Å². The minimum Gasteiger partial charge on any atom is -0.373 e. The second-order valence-corrected chi connectivity index (χ2v) is 6.22. The Morgan fingerprint density at radius 3 is 3.09 bits per heavy atom. The Hall–Kier alpha value is -1.73. The summed E-state index contributed by atoms with van der Waals surface area (Å²) in [7, 11) is 1.93. The Kier molecular flexibility index (Phi) is 5.07. The fourth-order valence-corrected chi connectivity index (χ4v) is 2.98. The van der Waals surface area contributed by atoms with E-state index in [4.69, 9.17) is 9.26 Å². The first-order valence-electron chi connectivity index (χ1n) is 8.33. The maximum absolute atomic E-state index is 5.89. The lowest BCUT2D eigenvalue weighted by molar-refractivity contribution is 0.0895. The molecule has 23 heavy (non-hydrogen) atoms. The average Bonchev–Trinajstić information content (AvgIpc) is 3.25. The monoisotopic (exact) mass is 319 g/mol. The van der Waals surface area contributed by atoms with E-state index in [2.05, 4.69) is 34.4 Å². The highest BCUT2D eigenvalue weighted by Gasteiger charge is 2.31. The Morgan fingerprint density at radius 2 is 2.35 bits per heavy atom. The summed E-state index contributed by atoms with van der Waals surface area (Å²) >= 11 is 0. The van der Waals surface area contributed by atoms with Crippen molar-refractivity contribution in [1.29, 1.82) is 0 Å². The zero-order valence-electron chi connectivity index (χ0n) is 14.0. The number of aromatic nitrogens is 4. The summed E-state index contributed by atoms with van der Waals surface area (Å²) in [5.41, 5.74) is 1.15. The first kappa shape index (κ1) is 16.1. The summed E-state index contributed by atoms with van der Waals surface area (Å²) in [4.78, 5) is 4.44. The van der Waals surface area contributed by atoms with Crippen LogP contribution in [0.4, 0.5) is 0 Å². The van der Waals surface area contributed by atoms with E-state index < -0.39 is 0 Å². The molecule has 0 radical (unpaired) electrons. The Bertz CT molecular complexity index is 624. The number of hydrogen-bond donors (Lipinski definition) is 1. The highest BCUT2D eigenvalue weighted by atomic mass is 16.5. The number of nitrogens with zero attached hydrogens (tertiary/aromatic N) is 4. The highest BCUT2D eigenvalue weighted by Crippen LogP contribution is 2.34. The zero-order valence-corrected chi connectivity index (χ0v) is 14.0. The summed E-state index contributed by atoms with van der Waals surface area (Å²) in [6.07, 6.45) is 6.96. The molecule has 126 valence electrons. The van der Waals surface area contributed by atoms with Crippen molar-refractivity contribution < 1.29 is 9.26 Å². The average molecular weight is 319 g/mol. The lowest BCUT2D eigenvalue weighted by Gasteiger charge is -2.19. The van der Waals surface area contributed by atoms with Crippen molar-refractivity contribution in [2.24, 2.45) is 13.0 Å². The van der Waals surface area contributed by atoms with Gasteiger partial charge in [0.15, 0.2) is 5.82 Å². The fraction of sp³-hybridized carbons (Fsp3) is 0.688. The largest absolute Gasteiger partial charge is 0.373 e. The lowest BCUT2D eigenvalue weighted by atomic mass is 9.97. The van der Waals surface area contributed by atoms with E-state index in [-0.39, 0.29) is 12.1 Å². The van der Waals surface area contributed by atoms with Gasteiger partial charge in [-0.3, -0.25) is 4.68 Å². The van der Waals surface area contributed by atoms with Crippen LogP contribution in [0.2, 0.25) is 0 Å². The molecule has 0 bridgehead atoms. The van der Waals surface area contributed by atoms with E-state index in [0.29, 0.717) is 11.8 Å². The van der Waals surface area contributed by atoms with Gasteiger partial charge in [0.05, 0.1) is 18.3 Å². The summed E-state index contributed by atoms with van der Waals surface area (Å²) in [6, 6.07) is 0.0447. The van der Waals surface area contributed by atoms with Crippen LogP contribution in [0, 0.1) is 5.92 Å². The van der Waals surface area contributed by atoms with E-state index >= 15 is 0 Å². The molecule has 2 aromatic rings. The van der Waals surface area contributed by atoms with Gasteiger partial charge < -0.3 is 14.6 Å². The van der Waals surface area contributed by atoms with Crippen molar-refractivity contribution in [1.82, 2.24) is 25.2 Å². The van der Waals surface area contributed by atoms with Gasteiger partial charge in [0.1, 0.15) is 0 Å². The standard InChI is InChI=1S/C16H25N5O2/c1-4-5-14-19-16(23-20-14)11(2)17-8-12-6-7-22-15(12)13-9-18-21(3)10-13/h9-12,15,17H,4-8H2,1-3H3/t11-,12+,15+/m0/s1. The van der Waals surface area contributed by atoms with Crippen LogP contribution in [0.5, 0.6) is 0 Å². The molecular weight excluding hydrogens is 294 g/mol. The van der Waals surface area contributed by atoms with Crippen molar-refractivity contribution in [3.8, 4) is 0 Å². The van der Waals surface area contributed by atoms with Crippen molar-refractivity contribution in [2.45, 2.75) is 45.3 Å². The molecule has 0 saturated carbocycles. The Morgan fingerprint density at radius 1 is 1.48 bits per heavy atom. The maximum Gasteiger partial charge on any atom is 0.243 e. The van der Waals surface area contributed by atoms with E-state index in [1.807, 2.05) is 24.1 Å². The first-order valence-corrected chi connectivity index (χ1v) is 8.33. The molecule has 1 fully saturated rings. The van der Waals surface area contributed by atoms with Gasteiger partial charge in [-0.1, -0.05) is 12.1 Å². The van der Waals surface area contributed by atoms with Crippen LogP contribution in [-0.2, 0) is 18.2 Å².